The van der Waals surface area contributed by atoms with Crippen LogP contribution in [0.25, 0.3) is 0 Å². The van der Waals surface area contributed by atoms with E-state index in [1.165, 1.54) is 24.6 Å². The van der Waals surface area contributed by atoms with E-state index in [0.29, 0.717) is 12.4 Å². The van der Waals surface area contributed by atoms with Crippen molar-refractivity contribution in [2.75, 3.05) is 13.5 Å². The summed E-state index contributed by atoms with van der Waals surface area (Å²) in [6, 6.07) is 8.71. The summed E-state index contributed by atoms with van der Waals surface area (Å²) in [6.45, 7) is 10.4. The molecule has 0 fully saturated rings. The summed E-state index contributed by atoms with van der Waals surface area (Å²) in [5, 5.41) is 13.8. The third-order valence-corrected chi connectivity index (χ3v) is 1.84. The van der Waals surface area contributed by atoms with E-state index in [1.54, 1.807) is 0 Å². The molecule has 0 aromatic heterocycles. The SMILES string of the molecule is CC.CCl.COC=O.Cc1ccc(C(C)C)cc1.Cl.O=CO.O=CO.[CH3-].[Na].[Ru+].[Ru]. The number of aryl methyl sites for hydroxylation is 1. The van der Waals surface area contributed by atoms with Gasteiger partial charge in [-0.25, -0.2) is 0 Å². The second-order valence-electron chi connectivity index (χ2n) is 3.61. The standard InChI is InChI=1S/C10H14.C2H4O2.C2H6.CH3Cl.2CH2O2.CH3.ClH.Na.2Ru/c1-8(2)10-6-4-9(3)5-7-10;1-4-2-3;2*1-2;2*2-1-3;;;;;/h4-8H,1-3H3;2H,1H3;1-2H3;1H3;2*1H,(H,2,3);1H3;1H;;;/q;;;;;;-1;;;;+1. The van der Waals surface area contributed by atoms with Gasteiger partial charge in [-0.05, 0) is 18.4 Å². The molecule has 0 aliphatic carbocycles. The van der Waals surface area contributed by atoms with Crippen LogP contribution in [0.1, 0.15) is 44.7 Å². The average molecular weight is 644 g/mol. The first-order valence-corrected chi connectivity index (χ1v) is 7.77. The van der Waals surface area contributed by atoms with E-state index in [4.69, 9.17) is 24.6 Å². The molecule has 11 heteroatoms. The second-order valence-corrected chi connectivity index (χ2v) is 3.61. The first-order chi connectivity index (χ1) is 11.4. The number of rotatable bonds is 2. The van der Waals surface area contributed by atoms with Crippen LogP contribution < -0.4 is 0 Å². The van der Waals surface area contributed by atoms with E-state index >= 15 is 0 Å². The summed E-state index contributed by atoms with van der Waals surface area (Å²) in [4.78, 5) is 25.7. The van der Waals surface area contributed by atoms with Gasteiger partial charge in [-0.1, -0.05) is 57.5 Å². The molecule has 0 aliphatic heterocycles. The van der Waals surface area contributed by atoms with Gasteiger partial charge in [0.1, 0.15) is 0 Å². The van der Waals surface area contributed by atoms with E-state index in [0.717, 1.165) is 0 Å². The van der Waals surface area contributed by atoms with E-state index in [1.807, 2.05) is 13.8 Å². The Bertz CT molecular complexity index is 355. The first-order valence-electron chi connectivity index (χ1n) is 7.01. The van der Waals surface area contributed by atoms with Crippen LogP contribution in [-0.4, -0.2) is 72.7 Å². The number of halogens is 2. The molecular weight excluding hydrogens is 608 g/mol. The minimum absolute atomic E-state index is 0. The van der Waals surface area contributed by atoms with E-state index in [2.05, 4.69) is 61.4 Å². The van der Waals surface area contributed by atoms with Gasteiger partial charge >= 0.3 is 19.5 Å². The van der Waals surface area contributed by atoms with Gasteiger partial charge in [0.15, 0.2) is 0 Å². The summed E-state index contributed by atoms with van der Waals surface area (Å²) in [5.41, 5.74) is 2.76. The minimum atomic E-state index is -0.250. The van der Waals surface area contributed by atoms with Crippen molar-refractivity contribution in [3.05, 3.63) is 42.8 Å². The van der Waals surface area contributed by atoms with Gasteiger partial charge in [-0.3, -0.25) is 14.4 Å². The zero-order valence-electron chi connectivity index (χ0n) is 18.6. The van der Waals surface area contributed by atoms with Gasteiger partial charge in [0.2, 0.25) is 0 Å². The van der Waals surface area contributed by atoms with Gasteiger partial charge in [-0.15, -0.1) is 24.0 Å². The van der Waals surface area contributed by atoms with Crippen molar-refractivity contribution >= 4 is 73.0 Å². The molecule has 0 aliphatic rings. The normalized spacial score (nSPS) is 5.55. The van der Waals surface area contributed by atoms with Crippen LogP contribution in [0, 0.1) is 14.4 Å². The van der Waals surface area contributed by atoms with E-state index < -0.39 is 0 Å². The maximum atomic E-state index is 8.95. The summed E-state index contributed by atoms with van der Waals surface area (Å²) in [5.74, 6) is 0.653. The van der Waals surface area contributed by atoms with Crippen LogP contribution in [0.15, 0.2) is 24.3 Å². The Labute approximate surface area is 236 Å². The zero-order valence-corrected chi connectivity index (χ0v) is 25.7. The van der Waals surface area contributed by atoms with Crippen molar-refractivity contribution in [1.82, 2.24) is 0 Å². The van der Waals surface area contributed by atoms with Crippen LogP contribution in [0.3, 0.4) is 0 Å². The Balaban J connectivity index is -0.0000000208. The van der Waals surface area contributed by atoms with E-state index in [-0.39, 0.29) is 101 Å². The summed E-state index contributed by atoms with van der Waals surface area (Å²) >= 11 is 4.64. The third-order valence-electron chi connectivity index (χ3n) is 1.84. The smallest absolute Gasteiger partial charge is 0.483 e. The number of hydrogen-bond acceptors (Lipinski definition) is 4. The molecule has 0 bridgehead atoms. The fourth-order valence-corrected chi connectivity index (χ4v) is 0.951. The molecule has 0 heterocycles. The minimum Gasteiger partial charge on any atom is -0.483 e. The van der Waals surface area contributed by atoms with E-state index in [9.17, 15) is 0 Å². The number of carbonyl (C=O) groups is 3. The fraction of sp³-hybridized carbons (Fsp3) is 0.444. The second kappa shape index (κ2) is 70.4. The molecule has 1 aromatic carbocycles. The van der Waals surface area contributed by atoms with Gasteiger partial charge < -0.3 is 22.4 Å². The number of alkyl halides is 1. The molecule has 174 valence electrons. The number of carboxylic acid groups (broad SMARTS) is 2. The number of carbonyl (C=O) groups excluding carboxylic acids is 1. The summed E-state index contributed by atoms with van der Waals surface area (Å²) < 4.78 is 3.86. The molecule has 0 spiro atoms. The van der Waals surface area contributed by atoms with Crippen molar-refractivity contribution in [3.63, 3.8) is 0 Å². The molecule has 29 heavy (non-hydrogen) atoms. The van der Waals surface area contributed by atoms with Crippen molar-refractivity contribution < 1.29 is 68.3 Å². The third kappa shape index (κ3) is 83.4. The van der Waals surface area contributed by atoms with Crippen LogP contribution in [0.5, 0.6) is 0 Å². The number of benzene rings is 1. The number of ether oxygens (including phenoxy) is 1. The predicted molar refractivity (Wildman–Crippen MR) is 118 cm³/mol. The van der Waals surface area contributed by atoms with Crippen LogP contribution in [-0.2, 0) is 58.1 Å². The topological polar surface area (TPSA) is 101 Å². The molecule has 1 aromatic rings. The van der Waals surface area contributed by atoms with Crippen LogP contribution in [0.4, 0.5) is 0 Å². The van der Waals surface area contributed by atoms with Crippen LogP contribution >= 0.6 is 24.0 Å². The molecule has 2 N–H and O–H groups in total. The molecule has 0 saturated heterocycles. The molecule has 1 rings (SSSR count). The van der Waals surface area contributed by atoms with Crippen molar-refractivity contribution in [1.29, 1.82) is 0 Å². The monoisotopic (exact) mass is 644 g/mol. The maximum Gasteiger partial charge on any atom is 1.00 e. The molecule has 6 nitrogen and oxygen atoms in total. The van der Waals surface area contributed by atoms with Crippen molar-refractivity contribution in [2.45, 2.75) is 40.5 Å². The Morgan fingerprint density at radius 3 is 1.31 bits per heavy atom. The Kier molecular flexibility index (Phi) is 153. The van der Waals surface area contributed by atoms with Crippen LogP contribution in [0.2, 0.25) is 0 Å². The summed E-state index contributed by atoms with van der Waals surface area (Å²) in [7, 11) is 1.31. The number of methoxy groups -OCH3 is 1. The van der Waals surface area contributed by atoms with Crippen molar-refractivity contribution in [3.8, 4) is 0 Å². The predicted octanol–water partition coefficient (Wildman–Crippen LogP) is 4.68. The zero-order chi connectivity index (χ0) is 20.4. The van der Waals surface area contributed by atoms with Crippen molar-refractivity contribution in [2.24, 2.45) is 0 Å². The Hall–Kier alpha value is 0.457. The first kappa shape index (κ1) is 63.0. The molecule has 2 radical (unpaired) electrons. The fourth-order valence-electron chi connectivity index (χ4n) is 0.951. The average Bonchev–Trinajstić information content (AvgIpc) is 2.60. The van der Waals surface area contributed by atoms with Gasteiger partial charge in [0.25, 0.3) is 19.4 Å². The molecule has 0 atom stereocenters. The molecule has 0 amide bonds. The van der Waals surface area contributed by atoms with Gasteiger partial charge in [0.05, 0.1) is 7.11 Å². The molecule has 0 saturated carbocycles. The Morgan fingerprint density at radius 2 is 1.17 bits per heavy atom. The van der Waals surface area contributed by atoms with Gasteiger partial charge in [0, 0.05) is 55.4 Å². The van der Waals surface area contributed by atoms with Gasteiger partial charge in [-0.2, -0.15) is 0 Å². The largest absolute Gasteiger partial charge is 1.00 e. The molecular formula is C18H35Cl2NaO6Ru2. The number of hydrogen-bond donors (Lipinski definition) is 2. The summed E-state index contributed by atoms with van der Waals surface area (Å²) in [6.07, 6.45) is 1.47. The maximum absolute atomic E-state index is 8.95. The quantitative estimate of drug-likeness (QED) is 0.210. The molecule has 0 unspecified atom stereocenters. The Morgan fingerprint density at radius 1 is 0.966 bits per heavy atom.